The molecule has 0 aliphatic heterocycles. The molecule has 11 heavy (non-hydrogen) atoms. The topological polar surface area (TPSA) is 40.5 Å². The minimum absolute atomic E-state index is 0.0667. The van der Waals surface area contributed by atoms with Gasteiger partial charge in [-0.05, 0) is 33.6 Å². The molecule has 0 rings (SSSR count). The molecule has 0 radical (unpaired) electrons. The maximum Gasteiger partial charge on any atom is 0.0599 e. The summed E-state index contributed by atoms with van der Waals surface area (Å²) >= 11 is 0. The summed E-state index contributed by atoms with van der Waals surface area (Å²) in [5.74, 6) is 0. The molecule has 0 amide bonds. The lowest BCUT2D eigenvalue weighted by molar-refractivity contribution is 0.133. The summed E-state index contributed by atoms with van der Waals surface area (Å²) in [6, 6.07) is 0. The highest BCUT2D eigenvalue weighted by Gasteiger charge is 2.04. The van der Waals surface area contributed by atoms with E-state index in [0.717, 1.165) is 0 Å². The van der Waals surface area contributed by atoms with Crippen molar-refractivity contribution in [2.45, 2.75) is 39.7 Å². The second-order valence-corrected chi connectivity index (χ2v) is 3.15. The molecule has 0 bridgehead atoms. The van der Waals surface area contributed by atoms with E-state index in [1.165, 1.54) is 11.1 Å². The lowest BCUT2D eigenvalue weighted by atomic mass is 10.0. The van der Waals surface area contributed by atoms with Crippen LogP contribution in [0, 0.1) is 0 Å². The van der Waals surface area contributed by atoms with Crippen molar-refractivity contribution in [3.63, 3.8) is 0 Å². The quantitative estimate of drug-likeness (QED) is 0.608. The first-order valence-corrected chi connectivity index (χ1v) is 3.99. The SMILES string of the molecule is CC(C)=C(C)CC(O)CCO. The molecule has 0 spiro atoms. The minimum Gasteiger partial charge on any atom is -0.396 e. The highest BCUT2D eigenvalue weighted by Crippen LogP contribution is 2.11. The van der Waals surface area contributed by atoms with Gasteiger partial charge in [-0.2, -0.15) is 0 Å². The lowest BCUT2D eigenvalue weighted by Crippen LogP contribution is -2.09. The average molecular weight is 158 g/mol. The van der Waals surface area contributed by atoms with Gasteiger partial charge in [0.15, 0.2) is 0 Å². The summed E-state index contributed by atoms with van der Waals surface area (Å²) in [5.41, 5.74) is 2.47. The summed E-state index contributed by atoms with van der Waals surface area (Å²) in [7, 11) is 0. The smallest absolute Gasteiger partial charge is 0.0599 e. The van der Waals surface area contributed by atoms with Crippen molar-refractivity contribution in [1.82, 2.24) is 0 Å². The van der Waals surface area contributed by atoms with Crippen molar-refractivity contribution < 1.29 is 10.2 Å². The first-order chi connectivity index (χ1) is 5.07. The van der Waals surface area contributed by atoms with Crippen molar-refractivity contribution in [3.8, 4) is 0 Å². The van der Waals surface area contributed by atoms with Crippen LogP contribution >= 0.6 is 0 Å². The predicted molar refractivity (Wildman–Crippen MR) is 46.4 cm³/mol. The zero-order valence-electron chi connectivity index (χ0n) is 7.59. The Labute approximate surface area is 68.6 Å². The fourth-order valence-corrected chi connectivity index (χ4v) is 0.809. The molecule has 1 unspecified atom stereocenters. The zero-order valence-corrected chi connectivity index (χ0v) is 7.59. The Morgan fingerprint density at radius 1 is 1.27 bits per heavy atom. The summed E-state index contributed by atoms with van der Waals surface area (Å²) in [4.78, 5) is 0. The van der Waals surface area contributed by atoms with Crippen LogP contribution in [0.2, 0.25) is 0 Å². The van der Waals surface area contributed by atoms with Crippen LogP contribution in [0.25, 0.3) is 0 Å². The Kier molecular flexibility index (Phi) is 5.16. The Morgan fingerprint density at radius 3 is 2.18 bits per heavy atom. The number of aliphatic hydroxyl groups excluding tert-OH is 2. The van der Waals surface area contributed by atoms with E-state index in [1.54, 1.807) is 0 Å². The van der Waals surface area contributed by atoms with Crippen molar-refractivity contribution in [1.29, 1.82) is 0 Å². The molecule has 0 saturated carbocycles. The van der Waals surface area contributed by atoms with E-state index in [1.807, 2.05) is 20.8 Å². The molecule has 1 atom stereocenters. The van der Waals surface area contributed by atoms with Gasteiger partial charge in [0.2, 0.25) is 0 Å². The second kappa shape index (κ2) is 5.33. The zero-order chi connectivity index (χ0) is 8.85. The maximum absolute atomic E-state index is 9.27. The van der Waals surface area contributed by atoms with Crippen molar-refractivity contribution in [2.75, 3.05) is 6.61 Å². The molecule has 0 fully saturated rings. The van der Waals surface area contributed by atoms with Gasteiger partial charge in [0.25, 0.3) is 0 Å². The van der Waals surface area contributed by atoms with Crippen molar-refractivity contribution in [2.24, 2.45) is 0 Å². The third kappa shape index (κ3) is 4.99. The van der Waals surface area contributed by atoms with Gasteiger partial charge in [-0.1, -0.05) is 11.1 Å². The number of hydrogen-bond acceptors (Lipinski definition) is 2. The van der Waals surface area contributed by atoms with E-state index in [0.29, 0.717) is 12.8 Å². The monoisotopic (exact) mass is 158 g/mol. The second-order valence-electron chi connectivity index (χ2n) is 3.15. The van der Waals surface area contributed by atoms with E-state index in [2.05, 4.69) is 0 Å². The molecular formula is C9H18O2. The van der Waals surface area contributed by atoms with Gasteiger partial charge in [-0.3, -0.25) is 0 Å². The predicted octanol–water partition coefficient (Wildman–Crippen LogP) is 1.48. The molecule has 0 heterocycles. The Hall–Kier alpha value is -0.340. The van der Waals surface area contributed by atoms with E-state index in [9.17, 15) is 5.11 Å². The van der Waals surface area contributed by atoms with E-state index < -0.39 is 0 Å². The van der Waals surface area contributed by atoms with Crippen molar-refractivity contribution in [3.05, 3.63) is 11.1 Å². The molecule has 2 heteroatoms. The van der Waals surface area contributed by atoms with Gasteiger partial charge in [0.05, 0.1) is 6.10 Å². The van der Waals surface area contributed by atoms with Gasteiger partial charge in [-0.25, -0.2) is 0 Å². The van der Waals surface area contributed by atoms with Crippen LogP contribution < -0.4 is 0 Å². The number of hydrogen-bond donors (Lipinski definition) is 2. The molecule has 0 aromatic heterocycles. The fraction of sp³-hybridized carbons (Fsp3) is 0.778. The van der Waals surface area contributed by atoms with Gasteiger partial charge < -0.3 is 10.2 Å². The number of rotatable bonds is 4. The van der Waals surface area contributed by atoms with Gasteiger partial charge in [0.1, 0.15) is 0 Å². The van der Waals surface area contributed by atoms with Crippen LogP contribution in [-0.4, -0.2) is 22.9 Å². The van der Waals surface area contributed by atoms with Gasteiger partial charge >= 0.3 is 0 Å². The standard InChI is InChI=1S/C9H18O2/c1-7(2)8(3)6-9(11)4-5-10/h9-11H,4-6H2,1-3H3. The summed E-state index contributed by atoms with van der Waals surface area (Å²) in [6.45, 7) is 6.13. The van der Waals surface area contributed by atoms with Crippen LogP contribution in [0.3, 0.4) is 0 Å². The van der Waals surface area contributed by atoms with Crippen LogP contribution in [-0.2, 0) is 0 Å². The Bertz CT molecular complexity index is 134. The highest BCUT2D eigenvalue weighted by molar-refractivity contribution is 5.07. The molecule has 0 aliphatic rings. The third-order valence-electron chi connectivity index (χ3n) is 1.86. The lowest BCUT2D eigenvalue weighted by Gasteiger charge is -2.09. The molecule has 0 aromatic carbocycles. The van der Waals surface area contributed by atoms with Crippen LogP contribution in [0.1, 0.15) is 33.6 Å². The Morgan fingerprint density at radius 2 is 1.82 bits per heavy atom. The molecule has 66 valence electrons. The molecular weight excluding hydrogens is 140 g/mol. The van der Waals surface area contributed by atoms with Crippen LogP contribution in [0.15, 0.2) is 11.1 Å². The summed E-state index contributed by atoms with van der Waals surface area (Å²) < 4.78 is 0. The first kappa shape index (κ1) is 10.7. The molecule has 2 nitrogen and oxygen atoms in total. The van der Waals surface area contributed by atoms with E-state index in [-0.39, 0.29) is 12.7 Å². The number of aliphatic hydroxyl groups is 2. The third-order valence-corrected chi connectivity index (χ3v) is 1.86. The molecule has 2 N–H and O–H groups in total. The van der Waals surface area contributed by atoms with Crippen molar-refractivity contribution >= 4 is 0 Å². The largest absolute Gasteiger partial charge is 0.396 e. The molecule has 0 saturated heterocycles. The maximum atomic E-state index is 9.27. The summed E-state index contributed by atoms with van der Waals surface area (Å²) in [6.07, 6.45) is 0.781. The van der Waals surface area contributed by atoms with Gasteiger partial charge in [-0.15, -0.1) is 0 Å². The fourth-order valence-electron chi connectivity index (χ4n) is 0.809. The normalized spacial score (nSPS) is 12.8. The Balaban J connectivity index is 3.75. The minimum atomic E-state index is -0.380. The molecule has 0 aromatic rings. The van der Waals surface area contributed by atoms with E-state index in [4.69, 9.17) is 5.11 Å². The van der Waals surface area contributed by atoms with Crippen LogP contribution in [0.4, 0.5) is 0 Å². The van der Waals surface area contributed by atoms with E-state index >= 15 is 0 Å². The highest BCUT2D eigenvalue weighted by atomic mass is 16.3. The summed E-state index contributed by atoms with van der Waals surface area (Å²) in [5, 5.41) is 17.8. The first-order valence-electron chi connectivity index (χ1n) is 3.99. The number of allylic oxidation sites excluding steroid dienone is 1. The average Bonchev–Trinajstić information content (AvgIpc) is 1.87. The van der Waals surface area contributed by atoms with Gasteiger partial charge in [0, 0.05) is 6.61 Å². The molecule has 0 aliphatic carbocycles. The van der Waals surface area contributed by atoms with Crippen LogP contribution in [0.5, 0.6) is 0 Å².